The molecule has 0 N–H and O–H groups in total. The second-order valence-corrected chi connectivity index (χ2v) is 15.9. The number of ether oxygens (including phenoxy) is 2. The van der Waals surface area contributed by atoms with E-state index < -0.39 is 0 Å². The van der Waals surface area contributed by atoms with Crippen LogP contribution in [0.1, 0.15) is 30.5 Å². The van der Waals surface area contributed by atoms with Crippen LogP contribution in [0, 0.1) is 11.3 Å². The van der Waals surface area contributed by atoms with Gasteiger partial charge in [-0.15, -0.1) is 0 Å². The molecule has 0 aliphatic carbocycles. The van der Waals surface area contributed by atoms with Crippen molar-refractivity contribution in [1.82, 2.24) is 0 Å². The first-order valence-corrected chi connectivity index (χ1v) is 19.8. The Kier molecular flexibility index (Phi) is 7.68. The Morgan fingerprint density at radius 2 is 0.948 bits per heavy atom. The summed E-state index contributed by atoms with van der Waals surface area (Å²) in [5, 5.41) is 15.1. The number of nitriles is 1. The highest BCUT2D eigenvalue weighted by atomic mass is 16.5. The van der Waals surface area contributed by atoms with Gasteiger partial charge >= 0.3 is 0 Å². The van der Waals surface area contributed by atoms with Crippen molar-refractivity contribution in [2.45, 2.75) is 19.3 Å². The van der Waals surface area contributed by atoms with Crippen LogP contribution >= 0.6 is 0 Å². The summed E-state index contributed by atoms with van der Waals surface area (Å²) in [5.41, 5.74) is 12.4. The molecule has 0 saturated carbocycles. The molecule has 0 amide bonds. The lowest BCUT2D eigenvalue weighted by molar-refractivity contribution is 0.463. The second kappa shape index (κ2) is 13.1. The minimum absolute atomic E-state index is 0.0523. The van der Waals surface area contributed by atoms with Crippen LogP contribution in [0.4, 0.5) is 0 Å². The van der Waals surface area contributed by atoms with Crippen LogP contribution in [0.5, 0.6) is 23.0 Å². The van der Waals surface area contributed by atoms with Gasteiger partial charge in [0.1, 0.15) is 23.0 Å². The van der Waals surface area contributed by atoms with E-state index >= 15 is 0 Å². The molecule has 3 nitrogen and oxygen atoms in total. The number of fused-ring (bicyclic) bond motifs is 6. The predicted molar refractivity (Wildman–Crippen MR) is 239 cm³/mol. The highest BCUT2D eigenvalue weighted by Gasteiger charge is 2.41. The first kappa shape index (κ1) is 33.9. The van der Waals surface area contributed by atoms with E-state index in [1.54, 1.807) is 0 Å². The Bertz CT molecular complexity index is 3110. The van der Waals surface area contributed by atoms with Crippen molar-refractivity contribution in [3.8, 4) is 62.4 Å². The molecule has 2 heterocycles. The van der Waals surface area contributed by atoms with Gasteiger partial charge in [0.05, 0.1) is 11.6 Å². The van der Waals surface area contributed by atoms with Gasteiger partial charge in [-0.3, -0.25) is 0 Å². The van der Waals surface area contributed by atoms with Crippen molar-refractivity contribution in [3.63, 3.8) is 0 Å². The topological polar surface area (TPSA) is 42.2 Å². The fourth-order valence-electron chi connectivity index (χ4n) is 9.38. The van der Waals surface area contributed by atoms with Crippen molar-refractivity contribution in [1.29, 1.82) is 5.26 Å². The van der Waals surface area contributed by atoms with E-state index in [2.05, 4.69) is 184 Å². The van der Waals surface area contributed by atoms with Gasteiger partial charge in [-0.1, -0.05) is 153 Å². The SMILES string of the molecule is CC(C)(c1ccccc1)c1ccc2c(c1)Oc1cc(-c3cc(C#N)cc(-c4c5ccccc5c(-c5ccccc5)c5ccccc45)c3)cc3c1B2c1ccccc1O3. The summed E-state index contributed by atoms with van der Waals surface area (Å²) in [6.07, 6.45) is 0. The summed E-state index contributed by atoms with van der Waals surface area (Å²) in [6.45, 7) is 4.48. The van der Waals surface area contributed by atoms with Gasteiger partial charge in [0.25, 0.3) is 6.71 Å². The molecule has 272 valence electrons. The normalized spacial score (nSPS) is 12.5. The number of hydrogen-bond acceptors (Lipinski definition) is 3. The summed E-state index contributed by atoms with van der Waals surface area (Å²) in [7, 11) is 0. The molecule has 0 atom stereocenters. The van der Waals surface area contributed by atoms with E-state index in [0.29, 0.717) is 5.56 Å². The lowest BCUT2D eigenvalue weighted by atomic mass is 9.34. The molecular weight excluding hydrogens is 705 g/mol. The number of para-hydroxylation sites is 1. The van der Waals surface area contributed by atoms with Crippen molar-refractivity contribution in [2.24, 2.45) is 0 Å². The fourth-order valence-corrected chi connectivity index (χ4v) is 9.38. The van der Waals surface area contributed by atoms with E-state index in [1.165, 1.54) is 33.0 Å². The van der Waals surface area contributed by atoms with Crippen LogP contribution < -0.4 is 25.9 Å². The summed E-state index contributed by atoms with van der Waals surface area (Å²) >= 11 is 0. The van der Waals surface area contributed by atoms with Gasteiger partial charge in [-0.05, 0) is 119 Å². The molecule has 4 heteroatoms. The number of rotatable bonds is 5. The van der Waals surface area contributed by atoms with E-state index in [1.807, 2.05) is 18.2 Å². The van der Waals surface area contributed by atoms with Crippen molar-refractivity contribution in [3.05, 3.63) is 199 Å². The Morgan fingerprint density at radius 3 is 1.60 bits per heavy atom. The van der Waals surface area contributed by atoms with Gasteiger partial charge < -0.3 is 9.47 Å². The average molecular weight is 742 g/mol. The number of hydrogen-bond donors (Lipinski definition) is 0. The zero-order chi connectivity index (χ0) is 39.0. The van der Waals surface area contributed by atoms with Gasteiger partial charge in [0, 0.05) is 10.9 Å². The van der Waals surface area contributed by atoms with Crippen LogP contribution in [0.2, 0.25) is 0 Å². The highest BCUT2D eigenvalue weighted by Crippen LogP contribution is 2.46. The smallest absolute Gasteiger partial charge is 0.260 e. The fraction of sp³-hybridized carbons (Fsp3) is 0.0556. The summed E-state index contributed by atoms with van der Waals surface area (Å²) in [4.78, 5) is 0. The minimum atomic E-state index is -0.234. The zero-order valence-electron chi connectivity index (χ0n) is 32.2. The van der Waals surface area contributed by atoms with E-state index in [9.17, 15) is 5.26 Å². The van der Waals surface area contributed by atoms with Crippen molar-refractivity contribution in [2.75, 3.05) is 0 Å². The van der Waals surface area contributed by atoms with Gasteiger partial charge in [-0.2, -0.15) is 5.26 Å². The zero-order valence-corrected chi connectivity index (χ0v) is 32.2. The van der Waals surface area contributed by atoms with Crippen LogP contribution in [0.3, 0.4) is 0 Å². The molecule has 11 rings (SSSR count). The lowest BCUT2D eigenvalue weighted by Crippen LogP contribution is -2.57. The van der Waals surface area contributed by atoms with Crippen molar-refractivity contribution < 1.29 is 9.47 Å². The Labute approximate surface area is 338 Å². The Balaban J connectivity index is 1.10. The Hall–Kier alpha value is -7.35. The molecule has 0 radical (unpaired) electrons. The van der Waals surface area contributed by atoms with E-state index in [4.69, 9.17) is 9.47 Å². The van der Waals surface area contributed by atoms with Gasteiger partial charge in [-0.25, -0.2) is 0 Å². The first-order valence-electron chi connectivity index (χ1n) is 19.8. The van der Waals surface area contributed by atoms with E-state index in [0.717, 1.165) is 72.4 Å². The molecule has 2 aliphatic heterocycles. The van der Waals surface area contributed by atoms with Gasteiger partial charge in [0.2, 0.25) is 0 Å². The van der Waals surface area contributed by atoms with E-state index in [-0.39, 0.29) is 12.1 Å². The molecule has 0 aromatic heterocycles. The molecular formula is C54H36BNO2. The molecule has 0 fully saturated rings. The third kappa shape index (κ3) is 5.28. The maximum Gasteiger partial charge on any atom is 0.260 e. The average Bonchev–Trinajstić information content (AvgIpc) is 3.28. The first-order chi connectivity index (χ1) is 28.5. The third-order valence-electron chi connectivity index (χ3n) is 12.3. The second-order valence-electron chi connectivity index (χ2n) is 15.9. The van der Waals surface area contributed by atoms with Crippen molar-refractivity contribution >= 4 is 44.6 Å². The Morgan fingerprint density at radius 1 is 0.431 bits per heavy atom. The molecule has 0 bridgehead atoms. The van der Waals surface area contributed by atoms with Crippen LogP contribution in [0.15, 0.2) is 182 Å². The summed E-state index contributed by atoms with van der Waals surface area (Å²) < 4.78 is 13.7. The predicted octanol–water partition coefficient (Wildman–Crippen LogP) is 11.9. The molecule has 9 aromatic carbocycles. The lowest BCUT2D eigenvalue weighted by Gasteiger charge is -2.34. The summed E-state index contributed by atoms with van der Waals surface area (Å²) in [6, 6.07) is 66.5. The summed E-state index contributed by atoms with van der Waals surface area (Å²) in [5.74, 6) is 3.22. The van der Waals surface area contributed by atoms with Crippen LogP contribution in [-0.4, -0.2) is 6.71 Å². The monoisotopic (exact) mass is 741 g/mol. The molecule has 0 spiro atoms. The minimum Gasteiger partial charge on any atom is -0.458 e. The molecule has 2 aliphatic rings. The largest absolute Gasteiger partial charge is 0.458 e. The molecule has 58 heavy (non-hydrogen) atoms. The maximum absolute atomic E-state index is 10.5. The standard InChI is InChI=1S/C54H36BNO2/c1-54(2,39-17-7-4-8-18-39)40-25-26-46-48(32-40)58-50-31-37(30-49-53(50)55(46)45-23-13-14-24-47(45)57-49)36-27-34(33-56)28-38(29-36)52-43-21-11-9-19-41(43)51(35-15-5-3-6-16-35)42-20-10-12-22-44(42)52/h3-32H,1-2H3. The quantitative estimate of drug-likeness (QED) is 0.130. The highest BCUT2D eigenvalue weighted by molar-refractivity contribution is 6.98. The number of benzene rings is 9. The maximum atomic E-state index is 10.5. The molecule has 0 unspecified atom stereocenters. The number of nitrogens with zero attached hydrogens (tertiary/aromatic N) is 1. The third-order valence-corrected chi connectivity index (χ3v) is 12.3. The molecule has 0 saturated heterocycles. The van der Waals surface area contributed by atoms with Gasteiger partial charge in [0.15, 0.2) is 0 Å². The molecule has 9 aromatic rings. The van der Waals surface area contributed by atoms with Crippen LogP contribution in [0.25, 0.3) is 54.9 Å². The van der Waals surface area contributed by atoms with Crippen LogP contribution in [-0.2, 0) is 5.41 Å².